The highest BCUT2D eigenvalue weighted by Crippen LogP contribution is 2.44. The van der Waals surface area contributed by atoms with Crippen LogP contribution in [0.2, 0.25) is 0 Å². The largest absolute Gasteiger partial charge is 0.330 e. The molecular formula is C18H42N6. The maximum absolute atomic E-state index is 5.82. The molecule has 0 saturated carbocycles. The fourth-order valence-electron chi connectivity index (χ4n) is 4.84. The Morgan fingerprint density at radius 3 is 0.875 bits per heavy atom. The van der Waals surface area contributed by atoms with Gasteiger partial charge in [0.05, 0.1) is 17.0 Å². The van der Waals surface area contributed by atoms with Crippen LogP contribution in [0.15, 0.2) is 0 Å². The van der Waals surface area contributed by atoms with Gasteiger partial charge in [0, 0.05) is 19.6 Å². The van der Waals surface area contributed by atoms with Gasteiger partial charge in [-0.1, -0.05) is 0 Å². The Hall–Kier alpha value is -0.240. The molecule has 0 radical (unpaired) electrons. The molecule has 0 spiro atoms. The summed E-state index contributed by atoms with van der Waals surface area (Å²) in [5.41, 5.74) is 17.3. The average molecular weight is 343 g/mol. The second kappa shape index (κ2) is 8.43. The molecule has 0 atom stereocenters. The van der Waals surface area contributed by atoms with E-state index in [0.717, 1.165) is 58.5 Å². The van der Waals surface area contributed by atoms with Crippen LogP contribution in [-0.4, -0.2) is 71.0 Å². The highest BCUT2D eigenvalue weighted by Gasteiger charge is 2.56. The van der Waals surface area contributed by atoms with E-state index in [2.05, 4.69) is 56.2 Å². The molecule has 0 aromatic rings. The highest BCUT2D eigenvalue weighted by molar-refractivity contribution is 5.05. The Kier molecular flexibility index (Phi) is 7.66. The van der Waals surface area contributed by atoms with Crippen molar-refractivity contribution in [1.29, 1.82) is 0 Å². The normalized spacial score (nSPS) is 24.4. The van der Waals surface area contributed by atoms with E-state index in [1.54, 1.807) is 0 Å². The minimum Gasteiger partial charge on any atom is -0.330 e. The minimum absolute atomic E-state index is 0.0590. The molecular weight excluding hydrogens is 300 g/mol. The number of rotatable bonds is 9. The quantitative estimate of drug-likeness (QED) is 0.583. The van der Waals surface area contributed by atoms with E-state index in [1.165, 1.54) is 0 Å². The van der Waals surface area contributed by atoms with Crippen LogP contribution in [0.1, 0.15) is 60.8 Å². The molecule has 0 unspecified atom stereocenters. The topological polar surface area (TPSA) is 87.8 Å². The summed E-state index contributed by atoms with van der Waals surface area (Å²) in [5, 5.41) is 0. The molecule has 1 aliphatic heterocycles. The third-order valence-corrected chi connectivity index (χ3v) is 5.72. The number of nitrogens with two attached hydrogens (primary N) is 3. The fourth-order valence-corrected chi connectivity index (χ4v) is 4.84. The van der Waals surface area contributed by atoms with Gasteiger partial charge in [0.2, 0.25) is 0 Å². The van der Waals surface area contributed by atoms with Crippen molar-refractivity contribution in [1.82, 2.24) is 14.7 Å². The molecule has 6 heteroatoms. The molecule has 1 saturated heterocycles. The van der Waals surface area contributed by atoms with Crippen LogP contribution >= 0.6 is 0 Å². The van der Waals surface area contributed by atoms with Gasteiger partial charge < -0.3 is 17.2 Å². The second-order valence-electron chi connectivity index (χ2n) is 8.36. The Labute approximate surface area is 149 Å². The third-order valence-electron chi connectivity index (χ3n) is 5.72. The molecule has 1 rings (SSSR count). The van der Waals surface area contributed by atoms with Gasteiger partial charge in [0.1, 0.15) is 0 Å². The molecule has 1 heterocycles. The van der Waals surface area contributed by atoms with Crippen molar-refractivity contribution < 1.29 is 0 Å². The standard InChI is InChI=1S/C18H42N6/c1-16(2)22(13-7-10-19)17(3,4)24(15-9-12-21)18(5,6)23(16)14-8-11-20/h7-15,19-21H2,1-6H3. The van der Waals surface area contributed by atoms with Crippen LogP contribution in [0.25, 0.3) is 0 Å². The summed E-state index contributed by atoms with van der Waals surface area (Å²) < 4.78 is 0. The molecule has 6 N–H and O–H groups in total. The molecule has 0 aromatic heterocycles. The van der Waals surface area contributed by atoms with Crippen LogP contribution in [0.5, 0.6) is 0 Å². The first-order chi connectivity index (χ1) is 11.1. The maximum Gasteiger partial charge on any atom is 0.0709 e. The van der Waals surface area contributed by atoms with E-state index in [1.807, 2.05) is 0 Å². The van der Waals surface area contributed by atoms with Crippen molar-refractivity contribution in [3.05, 3.63) is 0 Å². The second-order valence-corrected chi connectivity index (χ2v) is 8.36. The van der Waals surface area contributed by atoms with Crippen LogP contribution < -0.4 is 17.2 Å². The van der Waals surface area contributed by atoms with Gasteiger partial charge in [-0.3, -0.25) is 14.7 Å². The monoisotopic (exact) mass is 342 g/mol. The van der Waals surface area contributed by atoms with Crippen LogP contribution in [0.3, 0.4) is 0 Å². The first-order valence-corrected chi connectivity index (χ1v) is 9.52. The Balaban J connectivity index is 3.28. The average Bonchev–Trinajstić information content (AvgIpc) is 2.46. The number of hydrogen-bond donors (Lipinski definition) is 3. The summed E-state index contributed by atoms with van der Waals surface area (Å²) in [6, 6.07) is 0. The maximum atomic E-state index is 5.82. The van der Waals surface area contributed by atoms with E-state index in [-0.39, 0.29) is 17.0 Å². The van der Waals surface area contributed by atoms with E-state index < -0.39 is 0 Å². The predicted molar refractivity (Wildman–Crippen MR) is 103 cm³/mol. The number of nitrogens with zero attached hydrogens (tertiary/aromatic N) is 3. The lowest BCUT2D eigenvalue weighted by Crippen LogP contribution is -2.82. The Morgan fingerprint density at radius 2 is 0.708 bits per heavy atom. The zero-order chi connectivity index (χ0) is 18.6. The van der Waals surface area contributed by atoms with Crippen molar-refractivity contribution >= 4 is 0 Å². The Morgan fingerprint density at radius 1 is 0.500 bits per heavy atom. The van der Waals surface area contributed by atoms with Gasteiger partial charge in [-0.25, -0.2) is 0 Å². The lowest BCUT2D eigenvalue weighted by Gasteiger charge is -2.69. The van der Waals surface area contributed by atoms with Crippen LogP contribution in [0.4, 0.5) is 0 Å². The summed E-state index contributed by atoms with van der Waals surface area (Å²) >= 11 is 0. The lowest BCUT2D eigenvalue weighted by atomic mass is 9.90. The van der Waals surface area contributed by atoms with Crippen LogP contribution in [0, 0.1) is 0 Å². The van der Waals surface area contributed by atoms with Crippen molar-refractivity contribution in [3.8, 4) is 0 Å². The zero-order valence-electron chi connectivity index (χ0n) is 16.9. The van der Waals surface area contributed by atoms with Crippen LogP contribution in [-0.2, 0) is 0 Å². The third kappa shape index (κ3) is 4.11. The summed E-state index contributed by atoms with van der Waals surface area (Å²) in [7, 11) is 0. The molecule has 24 heavy (non-hydrogen) atoms. The van der Waals surface area contributed by atoms with Crippen molar-refractivity contribution in [2.75, 3.05) is 39.3 Å². The van der Waals surface area contributed by atoms with Gasteiger partial charge in [-0.2, -0.15) is 0 Å². The molecule has 144 valence electrons. The molecule has 1 aliphatic rings. The smallest absolute Gasteiger partial charge is 0.0709 e. The number of hydrogen-bond acceptors (Lipinski definition) is 6. The molecule has 6 nitrogen and oxygen atoms in total. The highest BCUT2D eigenvalue weighted by atomic mass is 15.6. The summed E-state index contributed by atoms with van der Waals surface area (Å²) in [5.74, 6) is 0. The molecule has 0 aliphatic carbocycles. The summed E-state index contributed by atoms with van der Waals surface area (Å²) in [6.45, 7) is 19.2. The summed E-state index contributed by atoms with van der Waals surface area (Å²) in [4.78, 5) is 7.81. The summed E-state index contributed by atoms with van der Waals surface area (Å²) in [6.07, 6.45) is 3.01. The zero-order valence-corrected chi connectivity index (χ0v) is 16.9. The molecule has 1 fully saturated rings. The fraction of sp³-hybridized carbons (Fsp3) is 1.00. The van der Waals surface area contributed by atoms with Gasteiger partial charge in [-0.05, 0) is 80.4 Å². The lowest BCUT2D eigenvalue weighted by molar-refractivity contribution is -0.282. The Bertz CT molecular complexity index is 305. The first-order valence-electron chi connectivity index (χ1n) is 9.52. The van der Waals surface area contributed by atoms with Gasteiger partial charge >= 0.3 is 0 Å². The van der Waals surface area contributed by atoms with E-state index in [4.69, 9.17) is 17.2 Å². The molecule has 0 aromatic carbocycles. The van der Waals surface area contributed by atoms with Crippen molar-refractivity contribution in [2.24, 2.45) is 17.2 Å². The predicted octanol–water partition coefficient (Wildman–Crippen LogP) is 1.16. The van der Waals surface area contributed by atoms with Gasteiger partial charge in [0.15, 0.2) is 0 Å². The van der Waals surface area contributed by atoms with Gasteiger partial charge in [0.25, 0.3) is 0 Å². The van der Waals surface area contributed by atoms with E-state index in [0.29, 0.717) is 0 Å². The molecule has 0 bridgehead atoms. The van der Waals surface area contributed by atoms with Crippen molar-refractivity contribution in [3.63, 3.8) is 0 Å². The first kappa shape index (κ1) is 21.8. The van der Waals surface area contributed by atoms with E-state index in [9.17, 15) is 0 Å². The molecule has 0 amide bonds. The van der Waals surface area contributed by atoms with Crippen molar-refractivity contribution in [2.45, 2.75) is 77.8 Å². The SMILES string of the molecule is CC1(C)N(CCCN)C(C)(C)N(CCCN)C(C)(C)N1CCCN. The minimum atomic E-state index is -0.0590. The van der Waals surface area contributed by atoms with Gasteiger partial charge in [-0.15, -0.1) is 0 Å². The van der Waals surface area contributed by atoms with E-state index >= 15 is 0 Å².